The minimum absolute atomic E-state index is 0.0651. The summed E-state index contributed by atoms with van der Waals surface area (Å²) >= 11 is 1.56. The van der Waals surface area contributed by atoms with Crippen molar-refractivity contribution in [2.75, 3.05) is 25.6 Å². The number of carbonyl (C=O) groups is 2. The molecule has 1 aliphatic carbocycles. The number of hydrogen-bond donors (Lipinski definition) is 2. The highest BCUT2D eigenvalue weighted by molar-refractivity contribution is 7.17. The lowest BCUT2D eigenvalue weighted by atomic mass is 9.95. The first-order chi connectivity index (χ1) is 14.4. The minimum Gasteiger partial charge on any atom is -0.385 e. The maximum atomic E-state index is 12.9. The van der Waals surface area contributed by atoms with Gasteiger partial charge in [0.25, 0.3) is 5.91 Å². The van der Waals surface area contributed by atoms with Gasteiger partial charge in [-0.1, -0.05) is 0 Å². The first-order valence-electron chi connectivity index (χ1n) is 10.6. The van der Waals surface area contributed by atoms with Gasteiger partial charge in [0.1, 0.15) is 5.00 Å². The molecule has 1 aliphatic rings. The van der Waals surface area contributed by atoms with Gasteiger partial charge in [-0.25, -0.2) is 0 Å². The number of nitrogens with zero attached hydrogens (tertiary/aromatic N) is 2. The summed E-state index contributed by atoms with van der Waals surface area (Å²) in [5, 5.41) is 11.1. The van der Waals surface area contributed by atoms with Crippen molar-refractivity contribution >= 4 is 28.2 Å². The zero-order valence-electron chi connectivity index (χ0n) is 18.4. The monoisotopic (exact) mass is 432 g/mol. The fraction of sp³-hybridized carbons (Fsp3) is 0.591. The lowest BCUT2D eigenvalue weighted by Gasteiger charge is -2.13. The van der Waals surface area contributed by atoms with E-state index < -0.39 is 0 Å². The molecular weight excluding hydrogens is 400 g/mol. The van der Waals surface area contributed by atoms with Crippen LogP contribution in [0.3, 0.4) is 0 Å². The Morgan fingerprint density at radius 3 is 2.70 bits per heavy atom. The van der Waals surface area contributed by atoms with Gasteiger partial charge in [-0.15, -0.1) is 11.3 Å². The third-order valence-corrected chi connectivity index (χ3v) is 6.93. The largest absolute Gasteiger partial charge is 0.385 e. The molecule has 2 heterocycles. The van der Waals surface area contributed by atoms with Crippen LogP contribution < -0.4 is 10.6 Å². The zero-order chi connectivity index (χ0) is 21.7. The Bertz CT molecular complexity index is 916. The Balaban J connectivity index is 1.70. The van der Waals surface area contributed by atoms with Crippen LogP contribution >= 0.6 is 11.3 Å². The quantitative estimate of drug-likeness (QED) is 0.595. The lowest BCUT2D eigenvalue weighted by molar-refractivity contribution is -0.116. The molecule has 2 aromatic rings. The second-order valence-corrected chi connectivity index (χ2v) is 8.94. The average Bonchev–Trinajstić information content (AvgIpc) is 3.19. The Kier molecular flexibility index (Phi) is 7.66. The first-order valence-corrected chi connectivity index (χ1v) is 11.4. The summed E-state index contributed by atoms with van der Waals surface area (Å²) in [4.78, 5) is 26.9. The smallest absolute Gasteiger partial charge is 0.254 e. The number of carbonyl (C=O) groups excluding carboxylic acids is 2. The van der Waals surface area contributed by atoms with Crippen LogP contribution in [0.15, 0.2) is 0 Å². The van der Waals surface area contributed by atoms with E-state index >= 15 is 0 Å². The van der Waals surface area contributed by atoms with E-state index in [4.69, 9.17) is 4.74 Å². The standard InChI is InChI=1S/C22H32N4O3S/c1-14-16(15(2)26(3)25-14)10-11-19(27)24-22-20(21(28)23-12-7-13-29-4)17-8-5-6-9-18(17)30-22/h5-13H2,1-4H3,(H,23,28)(H,24,27). The number of aromatic nitrogens is 2. The van der Waals surface area contributed by atoms with Crippen LogP contribution in [0.5, 0.6) is 0 Å². The second-order valence-electron chi connectivity index (χ2n) is 7.84. The molecule has 0 radical (unpaired) electrons. The summed E-state index contributed by atoms with van der Waals surface area (Å²) in [5.74, 6) is -0.163. The number of nitrogens with one attached hydrogen (secondary N) is 2. The summed E-state index contributed by atoms with van der Waals surface area (Å²) in [6, 6.07) is 0. The fourth-order valence-electron chi connectivity index (χ4n) is 4.01. The molecule has 0 unspecified atom stereocenters. The summed E-state index contributed by atoms with van der Waals surface area (Å²) in [6.45, 7) is 5.16. The molecular formula is C22H32N4O3S. The SMILES string of the molecule is COCCCNC(=O)c1c(NC(=O)CCc2c(C)nn(C)c2C)sc2c1CCCC2. The molecule has 164 valence electrons. The third-order valence-electron chi connectivity index (χ3n) is 5.72. The van der Waals surface area contributed by atoms with Crippen molar-refractivity contribution in [3.8, 4) is 0 Å². The van der Waals surface area contributed by atoms with Gasteiger partial charge < -0.3 is 15.4 Å². The molecule has 2 aromatic heterocycles. The van der Waals surface area contributed by atoms with Crippen molar-refractivity contribution in [1.82, 2.24) is 15.1 Å². The number of fused-ring (bicyclic) bond motifs is 1. The molecule has 0 bridgehead atoms. The van der Waals surface area contributed by atoms with Gasteiger partial charge in [-0.3, -0.25) is 14.3 Å². The highest BCUT2D eigenvalue weighted by Gasteiger charge is 2.26. The lowest BCUT2D eigenvalue weighted by Crippen LogP contribution is -2.27. The number of ether oxygens (including phenoxy) is 1. The van der Waals surface area contributed by atoms with Crippen LogP contribution in [-0.4, -0.2) is 41.9 Å². The Labute approximate surface area is 182 Å². The number of anilines is 1. The highest BCUT2D eigenvalue weighted by atomic mass is 32.1. The fourth-order valence-corrected chi connectivity index (χ4v) is 5.31. The van der Waals surface area contributed by atoms with Crippen LogP contribution in [0.4, 0.5) is 5.00 Å². The Morgan fingerprint density at radius 2 is 2.00 bits per heavy atom. The maximum Gasteiger partial charge on any atom is 0.254 e. The molecule has 0 saturated heterocycles. The van der Waals surface area contributed by atoms with Crippen LogP contribution in [0, 0.1) is 13.8 Å². The number of aryl methyl sites for hydroxylation is 3. The molecule has 0 atom stereocenters. The van der Waals surface area contributed by atoms with Crippen LogP contribution in [0.2, 0.25) is 0 Å². The van der Waals surface area contributed by atoms with Crippen molar-refractivity contribution in [3.05, 3.63) is 33.0 Å². The number of amides is 2. The van der Waals surface area contributed by atoms with Crippen molar-refractivity contribution in [2.24, 2.45) is 7.05 Å². The van der Waals surface area contributed by atoms with E-state index in [1.54, 1.807) is 18.4 Å². The molecule has 7 nitrogen and oxygen atoms in total. The summed E-state index contributed by atoms with van der Waals surface area (Å²) in [5.41, 5.74) is 4.95. The predicted octanol–water partition coefficient (Wildman–Crippen LogP) is 3.31. The first kappa shape index (κ1) is 22.5. The van der Waals surface area contributed by atoms with E-state index in [-0.39, 0.29) is 11.8 Å². The van der Waals surface area contributed by atoms with Crippen molar-refractivity contribution < 1.29 is 14.3 Å². The number of hydrogen-bond acceptors (Lipinski definition) is 5. The van der Waals surface area contributed by atoms with E-state index in [2.05, 4.69) is 15.7 Å². The van der Waals surface area contributed by atoms with Gasteiger partial charge in [0.15, 0.2) is 0 Å². The molecule has 30 heavy (non-hydrogen) atoms. The van der Waals surface area contributed by atoms with Crippen LogP contribution in [0.1, 0.15) is 63.4 Å². The highest BCUT2D eigenvalue weighted by Crippen LogP contribution is 2.38. The molecule has 0 spiro atoms. The summed E-state index contributed by atoms with van der Waals surface area (Å²) in [6.07, 6.45) is 5.87. The average molecular weight is 433 g/mol. The molecule has 0 aliphatic heterocycles. The van der Waals surface area contributed by atoms with Gasteiger partial charge in [-0.05, 0) is 63.5 Å². The molecule has 0 aromatic carbocycles. The van der Waals surface area contributed by atoms with Crippen LogP contribution in [0.25, 0.3) is 0 Å². The molecule has 0 saturated carbocycles. The Hall–Kier alpha value is -2.19. The van der Waals surface area contributed by atoms with Gasteiger partial charge in [0.05, 0.1) is 11.3 Å². The number of thiophene rings is 1. The van der Waals surface area contributed by atoms with Crippen LogP contribution in [-0.2, 0) is 35.8 Å². The molecule has 8 heteroatoms. The minimum atomic E-state index is -0.0975. The molecule has 2 N–H and O–H groups in total. The predicted molar refractivity (Wildman–Crippen MR) is 119 cm³/mol. The third kappa shape index (κ3) is 5.10. The van der Waals surface area contributed by atoms with Gasteiger partial charge in [-0.2, -0.15) is 5.10 Å². The van der Waals surface area contributed by atoms with Gasteiger partial charge >= 0.3 is 0 Å². The number of methoxy groups -OCH3 is 1. The van der Waals surface area contributed by atoms with E-state index in [0.717, 1.165) is 54.6 Å². The second kappa shape index (κ2) is 10.2. The van der Waals surface area contributed by atoms with E-state index in [1.807, 2.05) is 25.6 Å². The van der Waals surface area contributed by atoms with Crippen molar-refractivity contribution in [2.45, 2.75) is 58.8 Å². The van der Waals surface area contributed by atoms with Gasteiger partial charge in [0.2, 0.25) is 5.91 Å². The van der Waals surface area contributed by atoms with E-state index in [9.17, 15) is 9.59 Å². The topological polar surface area (TPSA) is 85.2 Å². The normalized spacial score (nSPS) is 13.2. The maximum absolute atomic E-state index is 12.9. The number of rotatable bonds is 9. The molecule has 3 rings (SSSR count). The Morgan fingerprint density at radius 1 is 1.23 bits per heavy atom. The zero-order valence-corrected chi connectivity index (χ0v) is 19.2. The van der Waals surface area contributed by atoms with Crippen molar-refractivity contribution in [1.29, 1.82) is 0 Å². The summed E-state index contributed by atoms with van der Waals surface area (Å²) in [7, 11) is 3.57. The molecule has 0 fully saturated rings. The van der Waals surface area contributed by atoms with E-state index in [1.165, 1.54) is 4.88 Å². The molecule has 2 amide bonds. The summed E-state index contributed by atoms with van der Waals surface area (Å²) < 4.78 is 6.90. The van der Waals surface area contributed by atoms with Crippen molar-refractivity contribution in [3.63, 3.8) is 0 Å². The van der Waals surface area contributed by atoms with E-state index in [0.29, 0.717) is 36.6 Å². The van der Waals surface area contributed by atoms with Gasteiger partial charge in [0, 0.05) is 44.3 Å².